The number of amides is 1. The fraction of sp³-hybridized carbons (Fsp3) is 0.250. The molecule has 0 aliphatic heterocycles. The van der Waals surface area contributed by atoms with E-state index in [2.05, 4.69) is 15.5 Å². The van der Waals surface area contributed by atoms with Crippen molar-refractivity contribution in [3.63, 3.8) is 0 Å². The first-order valence-corrected chi connectivity index (χ1v) is 10.2. The van der Waals surface area contributed by atoms with Crippen LogP contribution in [-0.4, -0.2) is 27.8 Å². The summed E-state index contributed by atoms with van der Waals surface area (Å²) in [4.78, 5) is 12.3. The van der Waals surface area contributed by atoms with Crippen LogP contribution in [-0.2, 0) is 18.8 Å². The van der Waals surface area contributed by atoms with Gasteiger partial charge in [-0.3, -0.25) is 4.79 Å². The second kappa shape index (κ2) is 9.61. The first-order chi connectivity index (χ1) is 13.6. The minimum atomic E-state index is -0.168. The average Bonchev–Trinajstić information content (AvgIpc) is 3.13. The van der Waals surface area contributed by atoms with Crippen LogP contribution in [0.3, 0.4) is 0 Å². The number of ether oxygens (including phenoxy) is 1. The van der Waals surface area contributed by atoms with E-state index < -0.39 is 0 Å². The van der Waals surface area contributed by atoms with Crippen molar-refractivity contribution in [3.05, 3.63) is 70.5 Å². The Balaban J connectivity index is 1.63. The van der Waals surface area contributed by atoms with Gasteiger partial charge in [0, 0.05) is 22.9 Å². The van der Waals surface area contributed by atoms with Gasteiger partial charge in [0.2, 0.25) is 0 Å². The molecule has 1 N–H and O–H groups in total. The third kappa shape index (κ3) is 4.85. The Hall–Kier alpha value is -2.51. The van der Waals surface area contributed by atoms with E-state index >= 15 is 0 Å². The maximum atomic E-state index is 12.3. The summed E-state index contributed by atoms with van der Waals surface area (Å²) in [6.45, 7) is 3.04. The highest BCUT2D eigenvalue weighted by Gasteiger charge is 2.14. The van der Waals surface area contributed by atoms with Gasteiger partial charge in [-0.25, -0.2) is 0 Å². The third-order valence-electron chi connectivity index (χ3n) is 4.18. The molecule has 2 aromatic carbocycles. The zero-order chi connectivity index (χ0) is 19.9. The molecule has 28 heavy (non-hydrogen) atoms. The Morgan fingerprint density at radius 3 is 2.61 bits per heavy atom. The van der Waals surface area contributed by atoms with Crippen LogP contribution in [0.1, 0.15) is 28.7 Å². The van der Waals surface area contributed by atoms with Crippen molar-refractivity contribution in [2.75, 3.05) is 7.11 Å². The third-order valence-corrected chi connectivity index (χ3v) is 5.57. The molecule has 1 heterocycles. The van der Waals surface area contributed by atoms with Gasteiger partial charge in [-0.15, -0.1) is 10.2 Å². The number of methoxy groups -OCH3 is 1. The van der Waals surface area contributed by atoms with E-state index in [9.17, 15) is 4.79 Å². The number of nitrogens with one attached hydrogen (secondary N) is 1. The highest BCUT2D eigenvalue weighted by atomic mass is 35.5. The Morgan fingerprint density at radius 2 is 1.93 bits per heavy atom. The standard InChI is InChI=1S/C20H21ClN4O2S/c1-3-25-18(12-22-19(26)14-8-10-16(27-2)11-9-14)23-24-20(25)28-13-15-6-4-5-7-17(15)21/h4-11H,3,12-13H2,1-2H3,(H,22,26). The SMILES string of the molecule is CCn1c(CNC(=O)c2ccc(OC)cc2)nnc1SCc1ccccc1Cl. The number of nitrogens with zero attached hydrogens (tertiary/aromatic N) is 3. The highest BCUT2D eigenvalue weighted by Crippen LogP contribution is 2.26. The summed E-state index contributed by atoms with van der Waals surface area (Å²) < 4.78 is 7.11. The van der Waals surface area contributed by atoms with Crippen LogP contribution in [0.15, 0.2) is 53.7 Å². The van der Waals surface area contributed by atoms with Crippen molar-refractivity contribution in [2.24, 2.45) is 0 Å². The monoisotopic (exact) mass is 416 g/mol. The van der Waals surface area contributed by atoms with Gasteiger partial charge in [-0.2, -0.15) is 0 Å². The normalized spacial score (nSPS) is 10.7. The van der Waals surface area contributed by atoms with Crippen molar-refractivity contribution >= 4 is 29.3 Å². The smallest absolute Gasteiger partial charge is 0.251 e. The molecule has 0 saturated heterocycles. The number of thioether (sulfide) groups is 1. The maximum Gasteiger partial charge on any atom is 0.251 e. The van der Waals surface area contributed by atoms with E-state index in [0.29, 0.717) is 36.0 Å². The van der Waals surface area contributed by atoms with Crippen LogP contribution < -0.4 is 10.1 Å². The number of carbonyl (C=O) groups is 1. The van der Waals surface area contributed by atoms with E-state index in [4.69, 9.17) is 16.3 Å². The number of rotatable bonds is 8. The molecule has 0 fully saturated rings. The first-order valence-electron chi connectivity index (χ1n) is 8.83. The Kier molecular flexibility index (Phi) is 6.95. The fourth-order valence-corrected chi connectivity index (χ4v) is 3.94. The maximum absolute atomic E-state index is 12.3. The van der Waals surface area contributed by atoms with E-state index in [-0.39, 0.29) is 5.91 Å². The number of hydrogen-bond donors (Lipinski definition) is 1. The Labute approximate surface area is 173 Å². The quantitative estimate of drug-likeness (QED) is 0.558. The predicted molar refractivity (Wildman–Crippen MR) is 111 cm³/mol. The second-order valence-corrected chi connectivity index (χ2v) is 7.28. The molecule has 3 aromatic rings. The molecule has 0 aliphatic rings. The number of halogens is 1. The van der Waals surface area contributed by atoms with Crippen LogP contribution in [0.5, 0.6) is 5.75 Å². The number of hydrogen-bond acceptors (Lipinski definition) is 5. The van der Waals surface area contributed by atoms with Crippen LogP contribution in [0.25, 0.3) is 0 Å². The van der Waals surface area contributed by atoms with E-state index in [1.807, 2.05) is 35.8 Å². The lowest BCUT2D eigenvalue weighted by Gasteiger charge is -2.09. The molecular weight excluding hydrogens is 396 g/mol. The molecule has 1 amide bonds. The molecule has 0 radical (unpaired) electrons. The van der Waals surface area contributed by atoms with Crippen LogP contribution >= 0.6 is 23.4 Å². The predicted octanol–water partition coefficient (Wildman–Crippen LogP) is 4.18. The van der Waals surface area contributed by atoms with Gasteiger partial charge in [0.25, 0.3) is 5.91 Å². The van der Waals surface area contributed by atoms with Crippen LogP contribution in [0.4, 0.5) is 0 Å². The summed E-state index contributed by atoms with van der Waals surface area (Å²) in [6.07, 6.45) is 0. The fourth-order valence-electron chi connectivity index (χ4n) is 2.64. The minimum Gasteiger partial charge on any atom is -0.497 e. The Bertz CT molecular complexity index is 944. The van der Waals surface area contributed by atoms with Gasteiger partial charge in [0.15, 0.2) is 11.0 Å². The van der Waals surface area contributed by atoms with Crippen molar-refractivity contribution in [1.29, 1.82) is 0 Å². The summed E-state index contributed by atoms with van der Waals surface area (Å²) in [7, 11) is 1.59. The number of aromatic nitrogens is 3. The lowest BCUT2D eigenvalue weighted by atomic mass is 10.2. The van der Waals surface area contributed by atoms with Gasteiger partial charge in [-0.05, 0) is 42.8 Å². The molecule has 3 rings (SSSR count). The zero-order valence-electron chi connectivity index (χ0n) is 15.7. The van der Waals surface area contributed by atoms with Crippen molar-refractivity contribution in [1.82, 2.24) is 20.1 Å². The molecule has 0 unspecified atom stereocenters. The molecule has 0 atom stereocenters. The lowest BCUT2D eigenvalue weighted by Crippen LogP contribution is -2.24. The molecule has 0 aliphatic carbocycles. The summed E-state index contributed by atoms with van der Waals surface area (Å²) in [5.74, 6) is 1.96. The average molecular weight is 417 g/mol. The van der Waals surface area contributed by atoms with Gasteiger partial charge < -0.3 is 14.6 Å². The summed E-state index contributed by atoms with van der Waals surface area (Å²) in [6, 6.07) is 14.7. The minimum absolute atomic E-state index is 0.168. The van der Waals surface area contributed by atoms with Crippen molar-refractivity contribution in [3.8, 4) is 5.75 Å². The number of carbonyl (C=O) groups excluding carboxylic acids is 1. The summed E-state index contributed by atoms with van der Waals surface area (Å²) in [5.41, 5.74) is 1.62. The number of benzene rings is 2. The zero-order valence-corrected chi connectivity index (χ0v) is 17.3. The largest absolute Gasteiger partial charge is 0.497 e. The Morgan fingerprint density at radius 1 is 1.18 bits per heavy atom. The van der Waals surface area contributed by atoms with Gasteiger partial charge >= 0.3 is 0 Å². The van der Waals surface area contributed by atoms with Gasteiger partial charge in [-0.1, -0.05) is 41.6 Å². The topological polar surface area (TPSA) is 69.0 Å². The molecule has 0 saturated carbocycles. The molecule has 6 nitrogen and oxygen atoms in total. The molecule has 146 valence electrons. The summed E-state index contributed by atoms with van der Waals surface area (Å²) >= 11 is 7.79. The van der Waals surface area contributed by atoms with Gasteiger partial charge in [0.05, 0.1) is 13.7 Å². The summed E-state index contributed by atoms with van der Waals surface area (Å²) in [5, 5.41) is 12.9. The lowest BCUT2D eigenvalue weighted by molar-refractivity contribution is 0.0949. The molecule has 0 spiro atoms. The van der Waals surface area contributed by atoms with E-state index in [1.54, 1.807) is 43.1 Å². The molecule has 1 aromatic heterocycles. The molecular formula is C20H21ClN4O2S. The van der Waals surface area contributed by atoms with Crippen molar-refractivity contribution < 1.29 is 9.53 Å². The van der Waals surface area contributed by atoms with E-state index in [1.165, 1.54) is 0 Å². The van der Waals surface area contributed by atoms with E-state index in [0.717, 1.165) is 15.7 Å². The molecule has 0 bridgehead atoms. The van der Waals surface area contributed by atoms with Crippen LogP contribution in [0, 0.1) is 0 Å². The molecule has 8 heteroatoms. The van der Waals surface area contributed by atoms with Crippen molar-refractivity contribution in [2.45, 2.75) is 30.9 Å². The van der Waals surface area contributed by atoms with Crippen LogP contribution in [0.2, 0.25) is 5.02 Å². The highest BCUT2D eigenvalue weighted by molar-refractivity contribution is 7.98. The first kappa shape index (κ1) is 20.2. The second-order valence-electron chi connectivity index (χ2n) is 5.93. The van der Waals surface area contributed by atoms with Gasteiger partial charge in [0.1, 0.15) is 5.75 Å².